The molecule has 0 aliphatic heterocycles. The van der Waals surface area contributed by atoms with E-state index in [1.54, 1.807) is 6.92 Å². The highest BCUT2D eigenvalue weighted by Crippen LogP contribution is 2.31. The van der Waals surface area contributed by atoms with E-state index in [0.717, 1.165) is 6.07 Å². The molecule has 0 N–H and O–H groups in total. The van der Waals surface area contributed by atoms with Gasteiger partial charge >= 0.3 is 6.18 Å². The number of nitrogens with zero attached hydrogens (tertiary/aromatic N) is 1. The molecule has 0 unspecified atom stereocenters. The molecule has 0 aliphatic carbocycles. The lowest BCUT2D eigenvalue weighted by atomic mass is 10.1. The Bertz CT molecular complexity index is 360. The molecule has 4 heteroatoms. The minimum Gasteiger partial charge on any atom is -0.192 e. The van der Waals surface area contributed by atoms with E-state index in [1.165, 1.54) is 18.2 Å². The van der Waals surface area contributed by atoms with E-state index in [1.807, 2.05) is 0 Å². The topological polar surface area (TPSA) is 23.8 Å². The van der Waals surface area contributed by atoms with Crippen LogP contribution >= 0.6 is 0 Å². The van der Waals surface area contributed by atoms with Crippen LogP contribution in [-0.2, 0) is 6.18 Å². The van der Waals surface area contributed by atoms with Crippen LogP contribution in [-0.4, -0.2) is 0 Å². The van der Waals surface area contributed by atoms with Crippen molar-refractivity contribution in [1.82, 2.24) is 0 Å². The molecule has 1 aromatic carbocycles. The number of halogens is 3. The first-order valence-corrected chi connectivity index (χ1v) is 3.53. The van der Waals surface area contributed by atoms with Crippen LogP contribution in [0.15, 0.2) is 18.2 Å². The second-order valence-corrected chi connectivity index (χ2v) is 2.66. The summed E-state index contributed by atoms with van der Waals surface area (Å²) in [4.78, 5) is 0. The zero-order chi connectivity index (χ0) is 10.1. The lowest BCUT2D eigenvalue weighted by Crippen LogP contribution is -2.07. The van der Waals surface area contributed by atoms with E-state index in [0.29, 0.717) is 5.56 Å². The van der Waals surface area contributed by atoms with Crippen molar-refractivity contribution in [2.45, 2.75) is 13.1 Å². The number of alkyl halides is 3. The van der Waals surface area contributed by atoms with Crippen molar-refractivity contribution >= 4 is 0 Å². The van der Waals surface area contributed by atoms with E-state index in [2.05, 4.69) is 0 Å². The first-order chi connectivity index (χ1) is 5.95. The van der Waals surface area contributed by atoms with Crippen LogP contribution in [0.3, 0.4) is 0 Å². The molecule has 0 aromatic heterocycles. The van der Waals surface area contributed by atoms with Crippen molar-refractivity contribution in [3.05, 3.63) is 34.9 Å². The quantitative estimate of drug-likeness (QED) is 0.609. The lowest BCUT2D eigenvalue weighted by molar-refractivity contribution is -0.137. The van der Waals surface area contributed by atoms with Crippen molar-refractivity contribution in [3.8, 4) is 6.07 Å². The summed E-state index contributed by atoms with van der Waals surface area (Å²) in [7, 11) is 0. The van der Waals surface area contributed by atoms with Crippen LogP contribution in [0.4, 0.5) is 13.2 Å². The van der Waals surface area contributed by atoms with Crippen molar-refractivity contribution in [3.63, 3.8) is 0 Å². The van der Waals surface area contributed by atoms with Gasteiger partial charge in [-0.1, -0.05) is 6.07 Å². The van der Waals surface area contributed by atoms with Gasteiger partial charge < -0.3 is 0 Å². The van der Waals surface area contributed by atoms with E-state index in [9.17, 15) is 13.2 Å². The van der Waals surface area contributed by atoms with Crippen LogP contribution in [0.1, 0.15) is 16.7 Å². The lowest BCUT2D eigenvalue weighted by Gasteiger charge is -2.08. The van der Waals surface area contributed by atoms with Gasteiger partial charge in [0, 0.05) is 0 Å². The molecule has 0 atom stereocenters. The van der Waals surface area contributed by atoms with Crippen molar-refractivity contribution in [1.29, 1.82) is 5.26 Å². The summed E-state index contributed by atoms with van der Waals surface area (Å²) in [5, 5.41) is 8.46. The SMILES string of the molecule is Cc1ccc(C(F)(F)F)c(C#N)c1. The molecular formula is C9H6F3N. The smallest absolute Gasteiger partial charge is 0.192 e. The van der Waals surface area contributed by atoms with Gasteiger partial charge in [-0.3, -0.25) is 0 Å². The maximum Gasteiger partial charge on any atom is 0.417 e. The summed E-state index contributed by atoms with van der Waals surface area (Å²) < 4.78 is 36.6. The Kier molecular flexibility index (Phi) is 2.28. The number of rotatable bonds is 0. The Balaban J connectivity index is 3.32. The number of aryl methyl sites for hydroxylation is 1. The summed E-state index contributed by atoms with van der Waals surface area (Å²) in [6.07, 6.45) is -4.45. The predicted molar refractivity (Wildman–Crippen MR) is 40.9 cm³/mol. The maximum atomic E-state index is 12.2. The third kappa shape index (κ3) is 2.00. The first kappa shape index (κ1) is 9.59. The zero-order valence-corrected chi connectivity index (χ0v) is 6.81. The predicted octanol–water partition coefficient (Wildman–Crippen LogP) is 2.89. The molecule has 0 radical (unpaired) electrons. The Hall–Kier alpha value is -1.50. The van der Waals surface area contributed by atoms with Gasteiger partial charge in [-0.05, 0) is 24.6 Å². The molecule has 68 valence electrons. The molecular weight excluding hydrogens is 179 g/mol. The van der Waals surface area contributed by atoms with Crippen molar-refractivity contribution < 1.29 is 13.2 Å². The Morgan fingerprint density at radius 3 is 2.38 bits per heavy atom. The third-order valence-corrected chi connectivity index (χ3v) is 1.60. The molecule has 0 saturated heterocycles. The van der Waals surface area contributed by atoms with Gasteiger partial charge in [0.1, 0.15) is 0 Å². The minimum absolute atomic E-state index is 0.326. The molecule has 1 rings (SSSR count). The normalized spacial score (nSPS) is 11.0. The van der Waals surface area contributed by atoms with Gasteiger partial charge in [0.15, 0.2) is 0 Å². The molecule has 0 bridgehead atoms. The van der Waals surface area contributed by atoms with Gasteiger partial charge in [0.25, 0.3) is 0 Å². The highest BCUT2D eigenvalue weighted by Gasteiger charge is 2.33. The Morgan fingerprint density at radius 1 is 1.31 bits per heavy atom. The monoisotopic (exact) mass is 185 g/mol. The van der Waals surface area contributed by atoms with Gasteiger partial charge in [0.05, 0.1) is 17.2 Å². The van der Waals surface area contributed by atoms with Crippen LogP contribution in [0.2, 0.25) is 0 Å². The average molecular weight is 185 g/mol. The van der Waals surface area contributed by atoms with Crippen LogP contribution < -0.4 is 0 Å². The standard InChI is InChI=1S/C9H6F3N/c1-6-2-3-8(9(10,11)12)7(4-6)5-13/h2-4H,1H3. The number of nitriles is 1. The fourth-order valence-electron chi connectivity index (χ4n) is 0.998. The molecule has 1 aromatic rings. The fourth-order valence-corrected chi connectivity index (χ4v) is 0.998. The summed E-state index contributed by atoms with van der Waals surface area (Å²) in [6.45, 7) is 1.64. The summed E-state index contributed by atoms with van der Waals surface area (Å²) >= 11 is 0. The molecule has 0 heterocycles. The highest BCUT2D eigenvalue weighted by molar-refractivity contribution is 5.41. The van der Waals surface area contributed by atoms with Crippen LogP contribution in [0, 0.1) is 18.3 Å². The molecule has 0 saturated carbocycles. The largest absolute Gasteiger partial charge is 0.417 e. The number of hydrogen-bond acceptors (Lipinski definition) is 1. The molecule has 13 heavy (non-hydrogen) atoms. The molecule has 0 fully saturated rings. The number of hydrogen-bond donors (Lipinski definition) is 0. The second-order valence-electron chi connectivity index (χ2n) is 2.66. The summed E-state index contributed by atoms with van der Waals surface area (Å²) in [6, 6.07) is 5.01. The van der Waals surface area contributed by atoms with Gasteiger partial charge in [-0.2, -0.15) is 18.4 Å². The Morgan fingerprint density at radius 2 is 1.92 bits per heavy atom. The molecule has 0 aliphatic rings. The molecule has 0 amide bonds. The third-order valence-electron chi connectivity index (χ3n) is 1.60. The molecule has 0 spiro atoms. The summed E-state index contributed by atoms with van der Waals surface area (Å²) in [5.74, 6) is 0. The van der Waals surface area contributed by atoms with E-state index in [4.69, 9.17) is 5.26 Å². The number of benzene rings is 1. The zero-order valence-electron chi connectivity index (χ0n) is 6.81. The van der Waals surface area contributed by atoms with Crippen LogP contribution in [0.5, 0.6) is 0 Å². The van der Waals surface area contributed by atoms with Crippen molar-refractivity contribution in [2.75, 3.05) is 0 Å². The van der Waals surface area contributed by atoms with Gasteiger partial charge in [-0.15, -0.1) is 0 Å². The highest BCUT2D eigenvalue weighted by atomic mass is 19.4. The summed E-state index contributed by atoms with van der Waals surface area (Å²) in [5.41, 5.74) is -0.558. The van der Waals surface area contributed by atoms with Gasteiger partial charge in [0.2, 0.25) is 0 Å². The van der Waals surface area contributed by atoms with E-state index >= 15 is 0 Å². The second kappa shape index (κ2) is 3.09. The van der Waals surface area contributed by atoms with Crippen molar-refractivity contribution in [2.24, 2.45) is 0 Å². The average Bonchev–Trinajstić information content (AvgIpc) is 2.01. The van der Waals surface area contributed by atoms with E-state index < -0.39 is 11.7 Å². The van der Waals surface area contributed by atoms with Crippen LogP contribution in [0.25, 0.3) is 0 Å². The van der Waals surface area contributed by atoms with Gasteiger partial charge in [-0.25, -0.2) is 0 Å². The first-order valence-electron chi connectivity index (χ1n) is 3.53. The maximum absolute atomic E-state index is 12.2. The molecule has 1 nitrogen and oxygen atoms in total. The fraction of sp³-hybridized carbons (Fsp3) is 0.222. The minimum atomic E-state index is -4.45. The Labute approximate surface area is 73.4 Å². The van der Waals surface area contributed by atoms with E-state index in [-0.39, 0.29) is 5.56 Å².